The number of thiophene rings is 1. The van der Waals surface area contributed by atoms with Crippen molar-refractivity contribution >= 4 is 28.2 Å². The van der Waals surface area contributed by atoms with Crippen LogP contribution in [0.15, 0.2) is 18.2 Å². The van der Waals surface area contributed by atoms with Gasteiger partial charge in [-0.25, -0.2) is 4.79 Å². The minimum Gasteiger partial charge on any atom is -0.480 e. The molecular weight excluding hydrogens is 362 g/mol. The molecule has 1 aromatic heterocycles. The first-order chi connectivity index (χ1) is 12.9. The number of para-hydroxylation sites is 1. The molecule has 1 aromatic carbocycles. The monoisotopic (exact) mass is 387 g/mol. The number of carbonyl (C=O) groups excluding carboxylic acids is 2. The fourth-order valence-corrected chi connectivity index (χ4v) is 4.68. The van der Waals surface area contributed by atoms with Gasteiger partial charge in [-0.3, -0.25) is 4.79 Å². The molecule has 6 heteroatoms. The number of ether oxygens (including phenoxy) is 2. The smallest absolute Gasteiger partial charge is 0.341 e. The van der Waals surface area contributed by atoms with Crippen LogP contribution >= 0.6 is 11.3 Å². The summed E-state index contributed by atoms with van der Waals surface area (Å²) in [5.41, 5.74) is 3.49. The van der Waals surface area contributed by atoms with Crippen LogP contribution in [0.3, 0.4) is 0 Å². The molecule has 1 N–H and O–H groups in total. The first-order valence-electron chi connectivity index (χ1n) is 9.19. The quantitative estimate of drug-likeness (QED) is 0.771. The van der Waals surface area contributed by atoms with Gasteiger partial charge in [-0.15, -0.1) is 11.3 Å². The molecule has 0 bridgehead atoms. The number of hydrogen-bond donors (Lipinski definition) is 1. The molecular formula is C21H25NO4S. The molecule has 1 aliphatic carbocycles. The predicted octanol–water partition coefficient (Wildman–Crippen LogP) is 4.44. The van der Waals surface area contributed by atoms with Gasteiger partial charge in [-0.2, -0.15) is 0 Å². The van der Waals surface area contributed by atoms with Crippen LogP contribution in [0.25, 0.3) is 0 Å². The summed E-state index contributed by atoms with van der Waals surface area (Å²) in [6.45, 7) is 5.62. The van der Waals surface area contributed by atoms with Crippen molar-refractivity contribution in [1.82, 2.24) is 0 Å². The Bertz CT molecular complexity index is 851. The highest BCUT2D eigenvalue weighted by molar-refractivity contribution is 7.17. The van der Waals surface area contributed by atoms with Crippen LogP contribution in [-0.2, 0) is 22.4 Å². The van der Waals surface area contributed by atoms with E-state index in [9.17, 15) is 9.59 Å². The maximum atomic E-state index is 12.7. The molecule has 27 heavy (non-hydrogen) atoms. The molecule has 1 atom stereocenters. The maximum absolute atomic E-state index is 12.7. The summed E-state index contributed by atoms with van der Waals surface area (Å²) in [6, 6.07) is 5.87. The van der Waals surface area contributed by atoms with E-state index in [4.69, 9.17) is 9.47 Å². The molecule has 0 saturated carbocycles. The Morgan fingerprint density at radius 3 is 2.48 bits per heavy atom. The first kappa shape index (κ1) is 19.4. The van der Waals surface area contributed by atoms with E-state index in [1.165, 1.54) is 23.3 Å². The number of hydrogen-bond acceptors (Lipinski definition) is 5. The number of benzene rings is 1. The topological polar surface area (TPSA) is 64.6 Å². The molecule has 0 aliphatic heterocycles. The third-order valence-electron chi connectivity index (χ3n) is 4.87. The van der Waals surface area contributed by atoms with Gasteiger partial charge in [-0.05, 0) is 63.1 Å². The van der Waals surface area contributed by atoms with Crippen LogP contribution in [0.1, 0.15) is 51.7 Å². The number of carbonyl (C=O) groups is 2. The van der Waals surface area contributed by atoms with E-state index < -0.39 is 12.1 Å². The summed E-state index contributed by atoms with van der Waals surface area (Å²) in [6.07, 6.45) is 3.25. The van der Waals surface area contributed by atoms with Crippen LogP contribution in [0, 0.1) is 13.8 Å². The lowest BCUT2D eigenvalue weighted by Gasteiger charge is -2.18. The standard InChI is InChI=1S/C21H25NO4S/c1-12-8-7-9-13(2)18(12)26-14(3)19(23)22-20-17(21(24)25-4)15-10-5-6-11-16(15)27-20/h7-9,14H,5-6,10-11H2,1-4H3,(H,22,23). The molecule has 1 amide bonds. The van der Waals surface area contributed by atoms with Crippen molar-refractivity contribution in [3.63, 3.8) is 0 Å². The largest absolute Gasteiger partial charge is 0.480 e. The summed E-state index contributed by atoms with van der Waals surface area (Å²) < 4.78 is 10.9. The van der Waals surface area contributed by atoms with E-state index in [1.54, 1.807) is 6.92 Å². The van der Waals surface area contributed by atoms with E-state index in [-0.39, 0.29) is 5.91 Å². The van der Waals surface area contributed by atoms with Crippen molar-refractivity contribution in [3.05, 3.63) is 45.3 Å². The van der Waals surface area contributed by atoms with Gasteiger partial charge in [0.05, 0.1) is 12.7 Å². The minimum absolute atomic E-state index is 0.276. The van der Waals surface area contributed by atoms with Crippen LogP contribution in [0.2, 0.25) is 0 Å². The van der Waals surface area contributed by atoms with Crippen LogP contribution in [-0.4, -0.2) is 25.1 Å². The lowest BCUT2D eigenvalue weighted by Crippen LogP contribution is -2.30. The van der Waals surface area contributed by atoms with E-state index in [1.807, 2.05) is 32.0 Å². The van der Waals surface area contributed by atoms with Crippen molar-refractivity contribution in [2.75, 3.05) is 12.4 Å². The predicted molar refractivity (Wildman–Crippen MR) is 107 cm³/mol. The summed E-state index contributed by atoms with van der Waals surface area (Å²) in [7, 11) is 1.37. The Balaban J connectivity index is 1.81. The number of fused-ring (bicyclic) bond motifs is 1. The number of nitrogens with one attached hydrogen (secondary N) is 1. The van der Waals surface area contributed by atoms with Crippen molar-refractivity contribution < 1.29 is 19.1 Å². The fraction of sp³-hybridized carbons (Fsp3) is 0.429. The van der Waals surface area contributed by atoms with Crippen molar-refractivity contribution in [3.8, 4) is 5.75 Å². The highest BCUT2D eigenvalue weighted by Gasteiger charge is 2.28. The molecule has 1 aliphatic rings. The molecule has 144 valence electrons. The Hall–Kier alpha value is -2.34. The number of methoxy groups -OCH3 is 1. The second-order valence-corrected chi connectivity index (χ2v) is 7.98. The highest BCUT2D eigenvalue weighted by Crippen LogP contribution is 2.38. The third-order valence-corrected chi connectivity index (χ3v) is 6.08. The van der Waals surface area contributed by atoms with E-state index in [0.29, 0.717) is 10.6 Å². The molecule has 3 rings (SSSR count). The van der Waals surface area contributed by atoms with Crippen LogP contribution in [0.4, 0.5) is 5.00 Å². The van der Waals surface area contributed by atoms with E-state index in [2.05, 4.69) is 5.32 Å². The first-order valence-corrected chi connectivity index (χ1v) is 10.0. The van der Waals surface area contributed by atoms with Crippen molar-refractivity contribution in [2.45, 2.75) is 52.6 Å². The number of anilines is 1. The average Bonchev–Trinajstić information content (AvgIpc) is 3.01. The maximum Gasteiger partial charge on any atom is 0.341 e. The van der Waals surface area contributed by atoms with Gasteiger partial charge in [0.15, 0.2) is 6.10 Å². The van der Waals surface area contributed by atoms with Gasteiger partial charge in [-0.1, -0.05) is 18.2 Å². The van der Waals surface area contributed by atoms with E-state index in [0.717, 1.165) is 48.1 Å². The summed E-state index contributed by atoms with van der Waals surface area (Å²) in [5, 5.41) is 3.46. The number of aryl methyl sites for hydroxylation is 3. The zero-order valence-corrected chi connectivity index (χ0v) is 17.0. The zero-order valence-electron chi connectivity index (χ0n) is 16.2. The van der Waals surface area contributed by atoms with Gasteiger partial charge in [0, 0.05) is 4.88 Å². The average molecular weight is 388 g/mol. The Morgan fingerprint density at radius 1 is 1.15 bits per heavy atom. The lowest BCUT2D eigenvalue weighted by atomic mass is 9.95. The van der Waals surface area contributed by atoms with Gasteiger partial charge in [0.1, 0.15) is 10.8 Å². The fourth-order valence-electron chi connectivity index (χ4n) is 3.40. The van der Waals surface area contributed by atoms with Crippen molar-refractivity contribution in [1.29, 1.82) is 0 Å². The van der Waals surface area contributed by atoms with Crippen LogP contribution < -0.4 is 10.1 Å². The number of rotatable bonds is 5. The SMILES string of the molecule is COC(=O)c1c(NC(=O)C(C)Oc2c(C)cccc2C)sc2c1CCCC2. The Labute approximate surface area is 163 Å². The van der Waals surface area contributed by atoms with Gasteiger partial charge < -0.3 is 14.8 Å². The molecule has 0 radical (unpaired) electrons. The second-order valence-electron chi connectivity index (χ2n) is 6.88. The minimum atomic E-state index is -0.686. The van der Waals surface area contributed by atoms with Crippen molar-refractivity contribution in [2.24, 2.45) is 0 Å². The molecule has 5 nitrogen and oxygen atoms in total. The summed E-state index contributed by atoms with van der Waals surface area (Å²) in [4.78, 5) is 26.2. The second kappa shape index (κ2) is 8.13. The van der Waals surface area contributed by atoms with Crippen LogP contribution in [0.5, 0.6) is 5.75 Å². The highest BCUT2D eigenvalue weighted by atomic mass is 32.1. The lowest BCUT2D eigenvalue weighted by molar-refractivity contribution is -0.122. The van der Waals surface area contributed by atoms with Gasteiger partial charge >= 0.3 is 5.97 Å². The third kappa shape index (κ3) is 4.00. The molecule has 2 aromatic rings. The van der Waals surface area contributed by atoms with E-state index >= 15 is 0 Å². The summed E-state index contributed by atoms with van der Waals surface area (Å²) >= 11 is 1.48. The van der Waals surface area contributed by atoms with Gasteiger partial charge in [0.2, 0.25) is 0 Å². The van der Waals surface area contributed by atoms with Gasteiger partial charge in [0.25, 0.3) is 5.91 Å². The Morgan fingerprint density at radius 2 is 1.81 bits per heavy atom. The normalized spacial score (nSPS) is 14.2. The number of esters is 1. The number of amides is 1. The molecule has 0 fully saturated rings. The summed E-state index contributed by atoms with van der Waals surface area (Å²) in [5.74, 6) is 0.0493. The Kier molecular flexibility index (Phi) is 5.85. The molecule has 1 heterocycles. The molecule has 0 spiro atoms. The molecule has 1 unspecified atom stereocenters. The molecule has 0 saturated heterocycles. The zero-order chi connectivity index (χ0) is 19.6.